The van der Waals surface area contributed by atoms with Crippen LogP contribution in [0.5, 0.6) is 17.2 Å². The largest absolute Gasteiger partial charge is 0.497 e. The summed E-state index contributed by atoms with van der Waals surface area (Å²) in [5, 5.41) is 3.25. The minimum atomic E-state index is -3.98. The predicted octanol–water partition coefficient (Wildman–Crippen LogP) is 4.19. The van der Waals surface area contributed by atoms with Gasteiger partial charge in [-0.1, -0.05) is 29.8 Å². The molecule has 0 aliphatic carbocycles. The van der Waals surface area contributed by atoms with Crippen LogP contribution in [-0.2, 0) is 14.8 Å². The zero-order chi connectivity index (χ0) is 25.2. The van der Waals surface area contributed by atoms with E-state index in [1.54, 1.807) is 69.7 Å². The van der Waals surface area contributed by atoms with Crippen molar-refractivity contribution in [3.05, 3.63) is 77.3 Å². The number of hydrogen-bond acceptors (Lipinski definition) is 6. The van der Waals surface area contributed by atoms with Gasteiger partial charge in [0.25, 0.3) is 15.9 Å². The first kappa shape index (κ1) is 24.7. The fraction of sp³-hybridized carbons (Fsp3) is 0.240. The lowest BCUT2D eigenvalue weighted by atomic mass is 10.1. The monoisotopic (exact) mass is 516 g/mol. The first-order valence-corrected chi connectivity index (χ1v) is 12.6. The lowest BCUT2D eigenvalue weighted by molar-refractivity contribution is -0.128. The van der Waals surface area contributed by atoms with Gasteiger partial charge in [-0.3, -0.25) is 9.10 Å². The average molecular weight is 517 g/mol. The van der Waals surface area contributed by atoms with E-state index in [0.29, 0.717) is 22.1 Å². The quantitative estimate of drug-likeness (QED) is 0.506. The minimum Gasteiger partial charge on any atom is -0.497 e. The summed E-state index contributed by atoms with van der Waals surface area (Å²) in [6.07, 6.45) is -1.10. The van der Waals surface area contributed by atoms with Crippen LogP contribution in [0.4, 0.5) is 5.69 Å². The molecule has 1 aliphatic rings. The lowest BCUT2D eigenvalue weighted by Gasteiger charge is -2.35. The molecular weight excluding hydrogens is 492 g/mol. The normalized spacial score (nSPS) is 16.0. The molecule has 0 unspecified atom stereocenters. The third-order valence-electron chi connectivity index (χ3n) is 5.68. The number of amides is 1. The number of hydrogen-bond donors (Lipinski definition) is 1. The molecule has 0 saturated heterocycles. The molecule has 35 heavy (non-hydrogen) atoms. The molecule has 0 aromatic heterocycles. The highest BCUT2D eigenvalue weighted by Gasteiger charge is 2.38. The lowest BCUT2D eigenvalue weighted by Crippen LogP contribution is -2.51. The molecule has 0 fully saturated rings. The molecule has 1 N–H and O–H groups in total. The number of nitrogens with one attached hydrogen (secondary N) is 1. The number of nitrogens with zero attached hydrogens (tertiary/aromatic N) is 1. The Morgan fingerprint density at radius 3 is 2.51 bits per heavy atom. The van der Waals surface area contributed by atoms with E-state index in [1.165, 1.54) is 18.2 Å². The maximum Gasteiger partial charge on any atom is 0.264 e. The Morgan fingerprint density at radius 1 is 1.09 bits per heavy atom. The van der Waals surface area contributed by atoms with Crippen molar-refractivity contribution in [2.45, 2.75) is 24.0 Å². The molecule has 184 valence electrons. The third kappa shape index (κ3) is 5.01. The van der Waals surface area contributed by atoms with Gasteiger partial charge in [-0.15, -0.1) is 0 Å². The summed E-state index contributed by atoms with van der Waals surface area (Å²) in [5.41, 5.74) is 0.977. The number of anilines is 1. The van der Waals surface area contributed by atoms with Crippen LogP contribution >= 0.6 is 11.6 Å². The van der Waals surface area contributed by atoms with E-state index in [4.69, 9.17) is 25.8 Å². The molecule has 0 saturated carbocycles. The van der Waals surface area contributed by atoms with Crippen LogP contribution in [0.3, 0.4) is 0 Å². The molecule has 10 heteroatoms. The molecule has 8 nitrogen and oxygen atoms in total. The van der Waals surface area contributed by atoms with Crippen LogP contribution < -0.4 is 23.8 Å². The number of rotatable bonds is 7. The predicted molar refractivity (Wildman–Crippen MR) is 133 cm³/mol. The van der Waals surface area contributed by atoms with Gasteiger partial charge in [0.05, 0.1) is 37.4 Å². The maximum absolute atomic E-state index is 13.5. The fourth-order valence-electron chi connectivity index (χ4n) is 3.87. The van der Waals surface area contributed by atoms with Gasteiger partial charge in [0.1, 0.15) is 17.2 Å². The topological polar surface area (TPSA) is 94.2 Å². The summed E-state index contributed by atoms with van der Waals surface area (Å²) < 4.78 is 44.8. The van der Waals surface area contributed by atoms with Gasteiger partial charge >= 0.3 is 0 Å². The van der Waals surface area contributed by atoms with Crippen LogP contribution in [0.2, 0.25) is 5.02 Å². The van der Waals surface area contributed by atoms with Crippen molar-refractivity contribution >= 4 is 33.2 Å². The highest BCUT2D eigenvalue weighted by molar-refractivity contribution is 7.92. The summed E-state index contributed by atoms with van der Waals surface area (Å²) in [4.78, 5) is 13.4. The summed E-state index contributed by atoms with van der Waals surface area (Å²) >= 11 is 6.15. The van der Waals surface area contributed by atoms with Crippen LogP contribution in [0.15, 0.2) is 71.6 Å². The first-order valence-electron chi connectivity index (χ1n) is 10.8. The minimum absolute atomic E-state index is 0.0986. The Kier molecular flexibility index (Phi) is 7.09. The number of carbonyl (C=O) groups is 1. The summed E-state index contributed by atoms with van der Waals surface area (Å²) in [5.74, 6) is 0.960. The van der Waals surface area contributed by atoms with E-state index >= 15 is 0 Å². The summed E-state index contributed by atoms with van der Waals surface area (Å²) in [6, 6.07) is 17.5. The molecule has 1 amide bonds. The third-order valence-corrected chi connectivity index (χ3v) is 7.71. The van der Waals surface area contributed by atoms with E-state index in [2.05, 4.69) is 5.32 Å². The van der Waals surface area contributed by atoms with E-state index in [-0.39, 0.29) is 22.9 Å². The number of methoxy groups -OCH3 is 2. The Bertz CT molecular complexity index is 1330. The van der Waals surface area contributed by atoms with Gasteiger partial charge in [0.15, 0.2) is 6.10 Å². The standard InChI is InChI=1S/C25H25ClN2O6S/c1-16(20-14-18(32-2)10-12-22(20)33-3)27-25(29)24-15-28(21-13-17(26)9-11-23(21)34-24)35(30,31)19-7-5-4-6-8-19/h4-14,16,24H,15H2,1-3H3,(H,27,29)/t16-,24-/m0/s1. The van der Waals surface area contributed by atoms with Gasteiger partial charge in [0.2, 0.25) is 0 Å². The molecule has 0 bridgehead atoms. The van der Waals surface area contributed by atoms with Crippen molar-refractivity contribution in [3.8, 4) is 17.2 Å². The zero-order valence-corrected chi connectivity index (χ0v) is 21.0. The Balaban J connectivity index is 1.64. The second-order valence-electron chi connectivity index (χ2n) is 7.91. The molecule has 3 aromatic carbocycles. The van der Waals surface area contributed by atoms with Crippen LogP contribution in [0, 0.1) is 0 Å². The van der Waals surface area contributed by atoms with E-state index < -0.39 is 28.1 Å². The molecule has 2 atom stereocenters. The Morgan fingerprint density at radius 2 is 1.83 bits per heavy atom. The second-order valence-corrected chi connectivity index (χ2v) is 10.2. The van der Waals surface area contributed by atoms with E-state index in [0.717, 1.165) is 4.31 Å². The van der Waals surface area contributed by atoms with E-state index in [9.17, 15) is 13.2 Å². The van der Waals surface area contributed by atoms with Gasteiger partial charge in [-0.25, -0.2) is 8.42 Å². The van der Waals surface area contributed by atoms with Crippen LogP contribution in [0.25, 0.3) is 0 Å². The molecule has 3 aromatic rings. The zero-order valence-electron chi connectivity index (χ0n) is 19.4. The Hall–Kier alpha value is -3.43. The molecular formula is C25H25ClN2O6S. The Labute approximate surface area is 209 Å². The number of carbonyl (C=O) groups excluding carboxylic acids is 1. The van der Waals surface area contributed by atoms with Crippen molar-refractivity contribution < 1.29 is 27.4 Å². The fourth-order valence-corrected chi connectivity index (χ4v) is 5.53. The highest BCUT2D eigenvalue weighted by atomic mass is 35.5. The van der Waals surface area contributed by atoms with Crippen molar-refractivity contribution in [2.24, 2.45) is 0 Å². The average Bonchev–Trinajstić information content (AvgIpc) is 2.87. The van der Waals surface area contributed by atoms with Crippen LogP contribution in [0.1, 0.15) is 18.5 Å². The number of sulfonamides is 1. The number of benzene rings is 3. The first-order chi connectivity index (χ1) is 16.7. The maximum atomic E-state index is 13.5. The SMILES string of the molecule is COc1ccc(OC)c([C@H](C)NC(=O)[C@@H]2CN(S(=O)(=O)c3ccccc3)c3cc(Cl)ccc3O2)c1. The smallest absolute Gasteiger partial charge is 0.264 e. The van der Waals surface area contributed by atoms with E-state index in [1.807, 2.05) is 0 Å². The molecule has 1 heterocycles. The van der Waals surface area contributed by atoms with Gasteiger partial charge in [0, 0.05) is 10.6 Å². The summed E-state index contributed by atoms with van der Waals surface area (Å²) in [7, 11) is -0.889. The second kappa shape index (κ2) is 10.1. The molecule has 0 spiro atoms. The molecule has 4 rings (SSSR count). The number of halogens is 1. The van der Waals surface area contributed by atoms with Crippen molar-refractivity contribution in [2.75, 3.05) is 25.1 Å². The van der Waals surface area contributed by atoms with Gasteiger partial charge in [-0.05, 0) is 55.5 Å². The van der Waals surface area contributed by atoms with Gasteiger partial charge in [-0.2, -0.15) is 0 Å². The van der Waals surface area contributed by atoms with Gasteiger partial charge < -0.3 is 19.5 Å². The highest BCUT2D eigenvalue weighted by Crippen LogP contribution is 2.39. The number of fused-ring (bicyclic) bond motifs is 1. The number of ether oxygens (including phenoxy) is 3. The van der Waals surface area contributed by atoms with Crippen molar-refractivity contribution in [1.29, 1.82) is 0 Å². The summed E-state index contributed by atoms with van der Waals surface area (Å²) in [6.45, 7) is 1.57. The molecule has 0 radical (unpaired) electrons. The van der Waals surface area contributed by atoms with Crippen molar-refractivity contribution in [1.82, 2.24) is 5.32 Å². The van der Waals surface area contributed by atoms with Crippen LogP contribution in [-0.4, -0.2) is 41.2 Å². The van der Waals surface area contributed by atoms with Crippen molar-refractivity contribution in [3.63, 3.8) is 0 Å². The molecule has 1 aliphatic heterocycles.